The van der Waals surface area contributed by atoms with Crippen molar-refractivity contribution in [2.45, 2.75) is 336 Å². The van der Waals surface area contributed by atoms with E-state index in [1.807, 2.05) is 6.08 Å². The molecule has 0 aromatic heterocycles. The van der Waals surface area contributed by atoms with E-state index in [2.05, 4.69) is 141 Å². The van der Waals surface area contributed by atoms with E-state index in [-0.39, 0.29) is 18.9 Å². The fraction of sp³-hybridized carbons (Fsp3) is 0.713. The lowest BCUT2D eigenvalue weighted by Crippen LogP contribution is -2.66. The van der Waals surface area contributed by atoms with Crippen molar-refractivity contribution in [2.24, 2.45) is 0 Å². The van der Waals surface area contributed by atoms with Crippen molar-refractivity contribution < 1.29 is 89.4 Å². The summed E-state index contributed by atoms with van der Waals surface area (Å²) in [5, 5.41) is 121. The summed E-state index contributed by atoms with van der Waals surface area (Å²) in [5.41, 5.74) is 0. The highest BCUT2D eigenvalue weighted by Gasteiger charge is 2.53. The Morgan fingerprint density at radius 1 is 0.374 bits per heavy atom. The molecule has 3 rings (SSSR count). The third-order valence-corrected chi connectivity index (χ3v) is 18.0. The van der Waals surface area contributed by atoms with E-state index in [1.165, 1.54) is 83.5 Å². The van der Waals surface area contributed by atoms with Gasteiger partial charge in [0.05, 0.1) is 38.6 Å². The van der Waals surface area contributed by atoms with Crippen LogP contribution in [-0.4, -0.2) is 193 Å². The minimum atomic E-state index is -1.98. The Labute approximate surface area is 594 Å². The lowest BCUT2D eigenvalue weighted by atomic mass is 9.96. The van der Waals surface area contributed by atoms with E-state index in [1.54, 1.807) is 6.08 Å². The van der Waals surface area contributed by atoms with Gasteiger partial charge in [-0.25, -0.2) is 0 Å². The zero-order valence-corrected chi connectivity index (χ0v) is 60.2. The first-order chi connectivity index (χ1) is 48.3. The molecule has 0 bridgehead atoms. The van der Waals surface area contributed by atoms with Crippen LogP contribution in [0.15, 0.2) is 134 Å². The second-order valence-corrected chi connectivity index (χ2v) is 26.4. The number of unbranched alkanes of at least 4 members (excludes halogenated alkanes) is 21. The summed E-state index contributed by atoms with van der Waals surface area (Å²) in [6, 6.07) is -0.983. The van der Waals surface area contributed by atoms with Crippen LogP contribution in [0.4, 0.5) is 0 Å². The van der Waals surface area contributed by atoms with E-state index >= 15 is 0 Å². The van der Waals surface area contributed by atoms with Crippen molar-refractivity contribution in [3.8, 4) is 0 Å². The molecule has 19 heteroatoms. The van der Waals surface area contributed by atoms with Crippen LogP contribution in [0.1, 0.15) is 232 Å². The van der Waals surface area contributed by atoms with Gasteiger partial charge >= 0.3 is 0 Å². The van der Waals surface area contributed by atoms with Gasteiger partial charge in [-0.2, -0.15) is 0 Å². The van der Waals surface area contributed by atoms with E-state index in [0.717, 1.165) is 122 Å². The zero-order valence-electron chi connectivity index (χ0n) is 60.2. The fourth-order valence-electron chi connectivity index (χ4n) is 11.9. The molecule has 0 saturated carbocycles. The van der Waals surface area contributed by atoms with E-state index in [0.29, 0.717) is 6.42 Å². The number of aliphatic hydroxyl groups is 11. The van der Waals surface area contributed by atoms with Gasteiger partial charge in [0.1, 0.15) is 73.2 Å². The molecular weight excluding hydrogens is 1260 g/mol. The number of carbonyl (C=O) groups excluding carboxylic acids is 1. The van der Waals surface area contributed by atoms with Crippen LogP contribution in [0.3, 0.4) is 0 Å². The monoisotopic (exact) mass is 1400 g/mol. The molecule has 12 N–H and O–H groups in total. The molecule has 99 heavy (non-hydrogen) atoms. The molecule has 3 aliphatic rings. The third-order valence-electron chi connectivity index (χ3n) is 18.0. The summed E-state index contributed by atoms with van der Waals surface area (Å²) in [6.07, 6.45) is 57.3. The Bertz CT molecular complexity index is 2310. The van der Waals surface area contributed by atoms with Crippen LogP contribution < -0.4 is 5.32 Å². The van der Waals surface area contributed by atoms with E-state index < -0.39 is 124 Å². The second-order valence-electron chi connectivity index (χ2n) is 26.4. The van der Waals surface area contributed by atoms with Gasteiger partial charge in [-0.1, -0.05) is 263 Å². The lowest BCUT2D eigenvalue weighted by molar-refractivity contribution is -0.379. The van der Waals surface area contributed by atoms with Gasteiger partial charge in [-0.3, -0.25) is 4.79 Å². The molecule has 0 radical (unpaired) electrons. The summed E-state index contributed by atoms with van der Waals surface area (Å²) in [6.45, 7) is 1.59. The molecule has 17 unspecified atom stereocenters. The number of amides is 1. The minimum Gasteiger partial charge on any atom is -0.394 e. The van der Waals surface area contributed by atoms with Crippen molar-refractivity contribution in [3.05, 3.63) is 134 Å². The number of ether oxygens (including phenoxy) is 6. The molecule has 0 aromatic rings. The maximum Gasteiger partial charge on any atom is 0.220 e. The molecule has 17 atom stereocenters. The number of carbonyl (C=O) groups is 1. The van der Waals surface area contributed by atoms with Gasteiger partial charge in [-0.05, 0) is 96.3 Å². The minimum absolute atomic E-state index is 0.230. The SMILES string of the molecule is CC/C=C\C/C=C\C/C=C\C/C=C\C/C=C\C/C=C\C/C=C\C/C=C\C/C=C\C/C=C\CCCCCCCCCCCCC(=O)NC(COC1OC(CO)C(OC2OC(CO)C(OC3OC(CO)C(O)C(O)C3O)C(O)C2O)C(O)C1O)C(O)/C=C/CCCCCCCCCCCCC. The maximum atomic E-state index is 13.4. The van der Waals surface area contributed by atoms with Crippen molar-refractivity contribution in [1.29, 1.82) is 0 Å². The summed E-state index contributed by atoms with van der Waals surface area (Å²) in [4.78, 5) is 13.4. The summed E-state index contributed by atoms with van der Waals surface area (Å²) in [5.74, 6) is -0.286. The van der Waals surface area contributed by atoms with Crippen molar-refractivity contribution in [1.82, 2.24) is 5.32 Å². The van der Waals surface area contributed by atoms with Gasteiger partial charge in [0.15, 0.2) is 18.9 Å². The molecule has 3 fully saturated rings. The third kappa shape index (κ3) is 40.0. The Hall–Kier alpha value is -4.07. The summed E-state index contributed by atoms with van der Waals surface area (Å²) >= 11 is 0. The first-order valence-corrected chi connectivity index (χ1v) is 37.9. The number of aliphatic hydroxyl groups excluding tert-OH is 11. The standard InChI is InChI=1S/C80H133NO18/c1-3-5-7-9-11-13-15-17-18-19-20-21-22-23-24-25-26-27-28-29-30-31-32-33-34-35-36-37-38-39-40-41-42-43-44-46-48-50-52-54-56-58-68(86)81-63(64(85)57-55-53-51-49-47-45-16-14-12-10-8-6-4-2)62-94-78-74(92)71(89)76(66(60-83)96-78)99-80-75(93)72(90)77(67(61-84)97-80)98-79-73(91)70(88)69(87)65(59-82)95-79/h5,7,11,13,17-18,20-21,23-24,26-27,29-30,32-33,35-36,38-39,55,57,63-67,69-80,82-85,87-93H,3-4,6,8-10,12,14-16,19,22,25,28,31,34,37,40-54,56,58-62H2,1-2H3,(H,81,86)/b7-5-,13-11-,18-17-,21-20-,24-23-,27-26-,30-29-,33-32-,36-35-,39-38-,57-55+. The van der Waals surface area contributed by atoms with Gasteiger partial charge in [0.2, 0.25) is 5.91 Å². The smallest absolute Gasteiger partial charge is 0.220 e. The van der Waals surface area contributed by atoms with Gasteiger partial charge in [0.25, 0.3) is 0 Å². The summed E-state index contributed by atoms with van der Waals surface area (Å²) in [7, 11) is 0. The first kappa shape index (κ1) is 89.1. The van der Waals surface area contributed by atoms with Crippen LogP contribution in [-0.2, 0) is 33.2 Å². The van der Waals surface area contributed by atoms with Gasteiger partial charge in [0, 0.05) is 6.42 Å². The number of hydrogen-bond acceptors (Lipinski definition) is 18. The second kappa shape index (κ2) is 59.3. The maximum absolute atomic E-state index is 13.4. The largest absolute Gasteiger partial charge is 0.394 e. The Morgan fingerprint density at radius 3 is 1.09 bits per heavy atom. The highest BCUT2D eigenvalue weighted by molar-refractivity contribution is 5.76. The quantitative estimate of drug-likeness (QED) is 0.0199. The molecule has 3 saturated heterocycles. The van der Waals surface area contributed by atoms with Crippen molar-refractivity contribution in [3.63, 3.8) is 0 Å². The molecule has 566 valence electrons. The van der Waals surface area contributed by atoms with E-state index in [4.69, 9.17) is 28.4 Å². The van der Waals surface area contributed by atoms with Crippen LogP contribution in [0.25, 0.3) is 0 Å². The Kier molecular flexibility index (Phi) is 53.4. The molecule has 3 heterocycles. The molecule has 0 aliphatic carbocycles. The van der Waals surface area contributed by atoms with Crippen molar-refractivity contribution >= 4 is 5.91 Å². The molecule has 0 spiro atoms. The van der Waals surface area contributed by atoms with Crippen LogP contribution in [0, 0.1) is 0 Å². The predicted molar refractivity (Wildman–Crippen MR) is 392 cm³/mol. The average molecular weight is 1400 g/mol. The topological polar surface area (TPSA) is 307 Å². The van der Waals surface area contributed by atoms with Crippen LogP contribution in [0.5, 0.6) is 0 Å². The van der Waals surface area contributed by atoms with Gasteiger partial charge < -0.3 is 89.9 Å². The first-order valence-electron chi connectivity index (χ1n) is 37.9. The molecule has 1 amide bonds. The molecule has 3 aliphatic heterocycles. The molecular formula is C80H133NO18. The van der Waals surface area contributed by atoms with Crippen LogP contribution >= 0.6 is 0 Å². The molecule has 19 nitrogen and oxygen atoms in total. The number of rotatable bonds is 57. The van der Waals surface area contributed by atoms with E-state index in [9.17, 15) is 61.0 Å². The highest BCUT2D eigenvalue weighted by atomic mass is 16.8. The number of nitrogens with one attached hydrogen (secondary N) is 1. The average Bonchev–Trinajstić information content (AvgIpc) is 0.785. The zero-order chi connectivity index (χ0) is 71.8. The Balaban J connectivity index is 1.32. The molecule has 0 aromatic carbocycles. The highest BCUT2D eigenvalue weighted by Crippen LogP contribution is 2.33. The summed E-state index contributed by atoms with van der Waals surface area (Å²) < 4.78 is 34.3. The van der Waals surface area contributed by atoms with Gasteiger partial charge in [-0.15, -0.1) is 0 Å². The predicted octanol–water partition coefficient (Wildman–Crippen LogP) is 11.7. The normalized spacial score (nSPS) is 27.4. The van der Waals surface area contributed by atoms with Crippen molar-refractivity contribution in [2.75, 3.05) is 26.4 Å². The Morgan fingerprint density at radius 2 is 0.697 bits per heavy atom. The lowest BCUT2D eigenvalue weighted by Gasteiger charge is -2.48. The number of hydrogen-bond donors (Lipinski definition) is 12. The van der Waals surface area contributed by atoms with Crippen LogP contribution in [0.2, 0.25) is 0 Å². The fourth-order valence-corrected chi connectivity index (χ4v) is 11.9. The number of allylic oxidation sites excluding steroid dienone is 21.